The van der Waals surface area contributed by atoms with E-state index in [1.807, 2.05) is 48.2 Å². The van der Waals surface area contributed by atoms with Crippen molar-refractivity contribution in [3.63, 3.8) is 0 Å². The van der Waals surface area contributed by atoms with Crippen molar-refractivity contribution >= 4 is 11.6 Å². The normalized spacial score (nSPS) is 13.7. The summed E-state index contributed by atoms with van der Waals surface area (Å²) in [6, 6.07) is 19.8. The van der Waals surface area contributed by atoms with Crippen LogP contribution in [0.25, 0.3) is 0 Å². The predicted octanol–water partition coefficient (Wildman–Crippen LogP) is 4.68. The Hall–Kier alpha value is -3.54. The fourth-order valence-corrected chi connectivity index (χ4v) is 3.89. The highest BCUT2D eigenvalue weighted by atomic mass is 19.1. The van der Waals surface area contributed by atoms with Gasteiger partial charge in [-0.3, -0.25) is 4.79 Å². The minimum absolute atomic E-state index is 0.0109. The summed E-state index contributed by atoms with van der Waals surface area (Å²) in [7, 11) is 1.61. The van der Waals surface area contributed by atoms with E-state index in [0.29, 0.717) is 44.1 Å². The molecule has 1 fully saturated rings. The molecule has 0 aliphatic carbocycles. The van der Waals surface area contributed by atoms with E-state index in [0.717, 1.165) is 22.6 Å². The van der Waals surface area contributed by atoms with Crippen LogP contribution in [0.5, 0.6) is 11.5 Å². The number of anilines is 1. The Morgan fingerprint density at radius 3 is 2.41 bits per heavy atom. The van der Waals surface area contributed by atoms with Crippen LogP contribution in [0.4, 0.5) is 10.1 Å². The van der Waals surface area contributed by atoms with Crippen molar-refractivity contribution < 1.29 is 18.7 Å². The Bertz CT molecular complexity index is 1080. The molecule has 0 radical (unpaired) electrons. The van der Waals surface area contributed by atoms with E-state index in [4.69, 9.17) is 9.47 Å². The zero-order valence-corrected chi connectivity index (χ0v) is 18.4. The van der Waals surface area contributed by atoms with Gasteiger partial charge in [0.1, 0.15) is 23.9 Å². The van der Waals surface area contributed by atoms with Gasteiger partial charge in [-0.05, 0) is 67.1 Å². The van der Waals surface area contributed by atoms with E-state index in [2.05, 4.69) is 4.90 Å². The summed E-state index contributed by atoms with van der Waals surface area (Å²) in [6.45, 7) is 4.96. The number of hydrogen-bond donors (Lipinski definition) is 0. The van der Waals surface area contributed by atoms with Gasteiger partial charge in [0.2, 0.25) is 0 Å². The highest BCUT2D eigenvalue weighted by molar-refractivity contribution is 5.94. The number of nitrogens with zero attached hydrogens (tertiary/aromatic N) is 2. The van der Waals surface area contributed by atoms with Gasteiger partial charge in [0, 0.05) is 43.0 Å². The lowest BCUT2D eigenvalue weighted by atomic mass is 10.1. The molecule has 0 aromatic heterocycles. The molecular formula is C26H27FN2O3. The highest BCUT2D eigenvalue weighted by Gasteiger charge is 2.23. The van der Waals surface area contributed by atoms with Crippen molar-refractivity contribution in [1.29, 1.82) is 0 Å². The van der Waals surface area contributed by atoms with Crippen molar-refractivity contribution in [2.75, 3.05) is 38.2 Å². The summed E-state index contributed by atoms with van der Waals surface area (Å²) in [5.74, 6) is 1.21. The lowest BCUT2D eigenvalue weighted by Gasteiger charge is -2.36. The van der Waals surface area contributed by atoms with E-state index in [1.54, 1.807) is 25.3 Å². The predicted molar refractivity (Wildman–Crippen MR) is 123 cm³/mol. The molecule has 32 heavy (non-hydrogen) atoms. The van der Waals surface area contributed by atoms with Gasteiger partial charge >= 0.3 is 0 Å². The molecule has 6 heteroatoms. The molecule has 1 aliphatic rings. The minimum Gasteiger partial charge on any atom is -0.496 e. The fourth-order valence-electron chi connectivity index (χ4n) is 3.89. The Morgan fingerprint density at radius 1 is 0.969 bits per heavy atom. The van der Waals surface area contributed by atoms with Crippen LogP contribution in [0.15, 0.2) is 66.7 Å². The number of ether oxygens (including phenoxy) is 2. The molecule has 3 aromatic rings. The van der Waals surface area contributed by atoms with Crippen molar-refractivity contribution in [1.82, 2.24) is 4.90 Å². The molecule has 0 spiro atoms. The second-order valence-electron chi connectivity index (χ2n) is 7.89. The topological polar surface area (TPSA) is 42.0 Å². The molecule has 4 rings (SSSR count). The van der Waals surface area contributed by atoms with Gasteiger partial charge in [-0.15, -0.1) is 0 Å². The summed E-state index contributed by atoms with van der Waals surface area (Å²) < 4.78 is 24.6. The molecule has 0 bridgehead atoms. The molecule has 1 amide bonds. The maximum Gasteiger partial charge on any atom is 0.253 e. The van der Waals surface area contributed by atoms with E-state index in [-0.39, 0.29) is 11.7 Å². The van der Waals surface area contributed by atoms with Crippen molar-refractivity contribution in [3.05, 3.63) is 89.2 Å². The maximum absolute atomic E-state index is 13.2. The van der Waals surface area contributed by atoms with Gasteiger partial charge in [0.15, 0.2) is 0 Å². The third-order valence-corrected chi connectivity index (χ3v) is 5.67. The monoisotopic (exact) mass is 434 g/mol. The third-order valence-electron chi connectivity index (χ3n) is 5.67. The Labute approximate surface area is 188 Å². The number of carbonyl (C=O) groups excluding carboxylic acids is 1. The summed E-state index contributed by atoms with van der Waals surface area (Å²) in [6.07, 6.45) is 0. The van der Waals surface area contributed by atoms with E-state index >= 15 is 0 Å². The number of benzene rings is 3. The largest absolute Gasteiger partial charge is 0.496 e. The molecule has 0 N–H and O–H groups in total. The summed E-state index contributed by atoms with van der Waals surface area (Å²) >= 11 is 0. The van der Waals surface area contributed by atoms with E-state index < -0.39 is 0 Å². The Morgan fingerprint density at radius 2 is 1.72 bits per heavy atom. The maximum atomic E-state index is 13.2. The van der Waals surface area contributed by atoms with Gasteiger partial charge in [-0.25, -0.2) is 4.39 Å². The van der Waals surface area contributed by atoms with Crippen molar-refractivity contribution in [3.8, 4) is 11.5 Å². The molecule has 1 saturated heterocycles. The number of piperazine rings is 1. The molecule has 0 saturated carbocycles. The van der Waals surface area contributed by atoms with Gasteiger partial charge in [-0.1, -0.05) is 12.1 Å². The number of halogens is 1. The van der Waals surface area contributed by atoms with Crippen LogP contribution in [0, 0.1) is 12.7 Å². The van der Waals surface area contributed by atoms with Crippen LogP contribution >= 0.6 is 0 Å². The zero-order chi connectivity index (χ0) is 22.5. The number of aryl methyl sites for hydroxylation is 1. The van der Waals surface area contributed by atoms with Crippen molar-refractivity contribution in [2.24, 2.45) is 0 Å². The number of rotatable bonds is 6. The number of carbonyl (C=O) groups is 1. The van der Waals surface area contributed by atoms with Crippen LogP contribution < -0.4 is 14.4 Å². The smallest absolute Gasteiger partial charge is 0.253 e. The number of hydrogen-bond acceptors (Lipinski definition) is 4. The summed E-state index contributed by atoms with van der Waals surface area (Å²) in [5, 5.41) is 0. The first-order valence-electron chi connectivity index (χ1n) is 10.7. The third kappa shape index (κ3) is 5.02. The minimum atomic E-state index is -0.246. The first kappa shape index (κ1) is 21.7. The van der Waals surface area contributed by atoms with E-state index in [9.17, 15) is 9.18 Å². The van der Waals surface area contributed by atoms with Crippen LogP contribution in [0.1, 0.15) is 21.5 Å². The second-order valence-corrected chi connectivity index (χ2v) is 7.89. The average Bonchev–Trinajstić information content (AvgIpc) is 2.83. The SMILES string of the molecule is COc1ccc(C(=O)N2CCN(c3ccc(F)cc3)CC2)cc1COc1cccc(C)c1. The Kier molecular flexibility index (Phi) is 6.59. The van der Waals surface area contributed by atoms with Crippen LogP contribution in [0.2, 0.25) is 0 Å². The molecule has 3 aromatic carbocycles. The van der Waals surface area contributed by atoms with E-state index in [1.165, 1.54) is 12.1 Å². The lowest BCUT2D eigenvalue weighted by Crippen LogP contribution is -2.48. The first-order valence-corrected chi connectivity index (χ1v) is 10.7. The summed E-state index contributed by atoms with van der Waals surface area (Å²) in [5.41, 5.74) is 3.53. The molecule has 1 aliphatic heterocycles. The number of amides is 1. The summed E-state index contributed by atoms with van der Waals surface area (Å²) in [4.78, 5) is 17.2. The first-order chi connectivity index (χ1) is 15.5. The van der Waals surface area contributed by atoms with Gasteiger partial charge in [-0.2, -0.15) is 0 Å². The van der Waals surface area contributed by atoms with Crippen molar-refractivity contribution in [2.45, 2.75) is 13.5 Å². The molecule has 5 nitrogen and oxygen atoms in total. The lowest BCUT2D eigenvalue weighted by molar-refractivity contribution is 0.0746. The Balaban J connectivity index is 1.42. The standard InChI is InChI=1S/C26H27FN2O3/c1-19-4-3-5-24(16-19)32-18-21-17-20(6-11-25(21)31-2)26(30)29-14-12-28(13-15-29)23-9-7-22(27)8-10-23/h3-11,16-17H,12-15,18H2,1-2H3. The molecule has 0 unspecified atom stereocenters. The molecular weight excluding hydrogens is 407 g/mol. The fraction of sp³-hybridized carbons (Fsp3) is 0.269. The van der Waals surface area contributed by atoms with Crippen LogP contribution in [-0.4, -0.2) is 44.1 Å². The zero-order valence-electron chi connectivity index (χ0n) is 18.4. The van der Waals surface area contributed by atoms with Gasteiger partial charge in [0.25, 0.3) is 5.91 Å². The number of methoxy groups -OCH3 is 1. The highest BCUT2D eigenvalue weighted by Crippen LogP contribution is 2.24. The van der Waals surface area contributed by atoms with Crippen LogP contribution in [-0.2, 0) is 6.61 Å². The molecule has 1 heterocycles. The van der Waals surface area contributed by atoms with Gasteiger partial charge < -0.3 is 19.3 Å². The quantitative estimate of drug-likeness (QED) is 0.565. The van der Waals surface area contributed by atoms with Gasteiger partial charge in [0.05, 0.1) is 7.11 Å². The van der Waals surface area contributed by atoms with Crippen LogP contribution in [0.3, 0.4) is 0 Å². The second kappa shape index (κ2) is 9.73. The molecule has 166 valence electrons. The average molecular weight is 435 g/mol. The molecule has 0 atom stereocenters.